The maximum atomic E-state index is 10.4. The van der Waals surface area contributed by atoms with Crippen molar-refractivity contribution in [2.24, 2.45) is 0 Å². The molecule has 0 rings (SSSR count). The van der Waals surface area contributed by atoms with Gasteiger partial charge in [0.25, 0.3) is 0 Å². The maximum Gasteiger partial charge on any atom is 0.307 e. The van der Waals surface area contributed by atoms with E-state index < -0.39 is 0 Å². The Labute approximate surface area is 93.0 Å². The van der Waals surface area contributed by atoms with Gasteiger partial charge in [-0.05, 0) is 18.9 Å². The van der Waals surface area contributed by atoms with Crippen molar-refractivity contribution in [2.75, 3.05) is 0 Å². The number of hydrogen-bond donors (Lipinski definition) is 0. The van der Waals surface area contributed by atoms with Gasteiger partial charge in [-0.3, -0.25) is 4.79 Å². The van der Waals surface area contributed by atoms with Crippen LogP contribution in [-0.4, -0.2) is 5.97 Å². The molecule has 0 spiro atoms. The van der Waals surface area contributed by atoms with Crippen molar-refractivity contribution >= 4 is 5.97 Å². The zero-order valence-electron chi connectivity index (χ0n) is 9.87. The zero-order chi connectivity index (χ0) is 11.4. The molecule has 0 aromatic rings. The smallest absolute Gasteiger partial charge is 0.307 e. The second-order valence-electron chi connectivity index (χ2n) is 3.57. The van der Waals surface area contributed by atoms with E-state index in [1.54, 1.807) is 6.08 Å². The first-order valence-corrected chi connectivity index (χ1v) is 5.76. The second-order valence-corrected chi connectivity index (χ2v) is 3.57. The Morgan fingerprint density at radius 1 is 1.13 bits per heavy atom. The number of carbonyl (C=O) groups excluding carboxylic acids is 1. The van der Waals surface area contributed by atoms with Crippen LogP contribution in [-0.2, 0) is 9.53 Å². The molecule has 2 nitrogen and oxygen atoms in total. The third kappa shape index (κ3) is 12.9. The van der Waals surface area contributed by atoms with Crippen LogP contribution in [0.1, 0.15) is 52.4 Å². The largest absolute Gasteiger partial charge is 0.435 e. The van der Waals surface area contributed by atoms with Crippen LogP contribution in [0.2, 0.25) is 0 Å². The summed E-state index contributed by atoms with van der Waals surface area (Å²) >= 11 is 0. The average Bonchev–Trinajstić information content (AvgIpc) is 2.20. The van der Waals surface area contributed by atoms with Crippen molar-refractivity contribution in [3.8, 4) is 0 Å². The maximum absolute atomic E-state index is 10.4. The summed E-state index contributed by atoms with van der Waals surface area (Å²) in [7, 11) is 0. The number of hydrogen-bond acceptors (Lipinski definition) is 2. The van der Waals surface area contributed by atoms with Gasteiger partial charge in [0.05, 0.1) is 6.26 Å². The van der Waals surface area contributed by atoms with Crippen LogP contribution in [0.25, 0.3) is 0 Å². The molecule has 0 N–H and O–H groups in total. The molecule has 0 amide bonds. The van der Waals surface area contributed by atoms with Crippen molar-refractivity contribution in [3.63, 3.8) is 0 Å². The minimum Gasteiger partial charge on any atom is -0.435 e. The van der Waals surface area contributed by atoms with Crippen molar-refractivity contribution < 1.29 is 9.53 Å². The van der Waals surface area contributed by atoms with E-state index in [4.69, 9.17) is 0 Å². The molecule has 86 valence electrons. The molecule has 0 saturated heterocycles. The molecule has 0 aromatic carbocycles. The first-order valence-electron chi connectivity index (χ1n) is 5.76. The number of rotatable bonds is 8. The van der Waals surface area contributed by atoms with Gasteiger partial charge in [0, 0.05) is 6.92 Å². The molecule has 0 unspecified atom stereocenters. The molecule has 0 atom stereocenters. The van der Waals surface area contributed by atoms with Gasteiger partial charge in [-0.2, -0.15) is 0 Å². The molecule has 0 aliphatic rings. The Morgan fingerprint density at radius 2 is 1.87 bits per heavy atom. The standard InChI is InChI=1S/C13H22O2/c1-3-4-5-6-7-8-9-10-11-12-15-13(2)14/h9-12H,3-8H2,1-2H3. The van der Waals surface area contributed by atoms with Crippen molar-refractivity contribution in [3.05, 3.63) is 24.5 Å². The fourth-order valence-electron chi connectivity index (χ4n) is 1.22. The highest BCUT2D eigenvalue weighted by molar-refractivity contribution is 5.66. The third-order valence-corrected chi connectivity index (χ3v) is 2.03. The summed E-state index contributed by atoms with van der Waals surface area (Å²) in [5, 5.41) is 0. The van der Waals surface area contributed by atoms with Gasteiger partial charge in [-0.15, -0.1) is 0 Å². The van der Waals surface area contributed by atoms with Gasteiger partial charge in [-0.25, -0.2) is 0 Å². The molecular formula is C13H22O2. The summed E-state index contributed by atoms with van der Waals surface area (Å²) in [6.45, 7) is 3.61. The van der Waals surface area contributed by atoms with Crippen molar-refractivity contribution in [2.45, 2.75) is 52.4 Å². The van der Waals surface area contributed by atoms with Crippen LogP contribution < -0.4 is 0 Å². The monoisotopic (exact) mass is 210 g/mol. The van der Waals surface area contributed by atoms with Crippen LogP contribution in [0.15, 0.2) is 24.5 Å². The molecule has 0 heterocycles. The third-order valence-electron chi connectivity index (χ3n) is 2.03. The van der Waals surface area contributed by atoms with Crippen LogP contribution in [0.5, 0.6) is 0 Å². The Morgan fingerprint density at radius 3 is 2.53 bits per heavy atom. The lowest BCUT2D eigenvalue weighted by Crippen LogP contribution is -1.88. The van der Waals surface area contributed by atoms with Gasteiger partial charge in [0.1, 0.15) is 0 Å². The van der Waals surface area contributed by atoms with Gasteiger partial charge in [0.2, 0.25) is 0 Å². The van der Waals surface area contributed by atoms with Crippen molar-refractivity contribution in [1.29, 1.82) is 0 Å². The van der Waals surface area contributed by atoms with E-state index >= 15 is 0 Å². The summed E-state index contributed by atoms with van der Waals surface area (Å²) in [4.78, 5) is 10.4. The predicted molar refractivity (Wildman–Crippen MR) is 63.4 cm³/mol. The van der Waals surface area contributed by atoms with Crippen LogP contribution >= 0.6 is 0 Å². The number of allylic oxidation sites excluding steroid dienone is 3. The molecule has 0 bridgehead atoms. The predicted octanol–water partition coefficient (Wildman–Crippen LogP) is 3.98. The molecule has 0 radical (unpaired) electrons. The van der Waals surface area contributed by atoms with Crippen LogP contribution in [0.3, 0.4) is 0 Å². The lowest BCUT2D eigenvalue weighted by Gasteiger charge is -1.95. The highest BCUT2D eigenvalue weighted by Crippen LogP contribution is 2.05. The van der Waals surface area contributed by atoms with E-state index in [9.17, 15) is 4.79 Å². The first kappa shape index (κ1) is 13.9. The number of ether oxygens (including phenoxy) is 1. The number of carbonyl (C=O) groups is 1. The summed E-state index contributed by atoms with van der Waals surface area (Å²) in [6, 6.07) is 0. The van der Waals surface area contributed by atoms with Crippen molar-refractivity contribution in [1.82, 2.24) is 0 Å². The zero-order valence-corrected chi connectivity index (χ0v) is 9.87. The first-order chi connectivity index (χ1) is 7.27. The highest BCUT2D eigenvalue weighted by atomic mass is 16.5. The topological polar surface area (TPSA) is 26.3 Å². The molecule has 15 heavy (non-hydrogen) atoms. The summed E-state index contributed by atoms with van der Waals surface area (Å²) in [5.74, 6) is -0.279. The van der Waals surface area contributed by atoms with Crippen LogP contribution in [0.4, 0.5) is 0 Å². The summed E-state index contributed by atoms with van der Waals surface area (Å²) in [6.07, 6.45) is 14.8. The average molecular weight is 210 g/mol. The van der Waals surface area contributed by atoms with Gasteiger partial charge >= 0.3 is 5.97 Å². The number of unbranched alkanes of at least 4 members (excludes halogenated alkanes) is 5. The number of esters is 1. The van der Waals surface area contributed by atoms with Crippen LogP contribution in [0, 0.1) is 0 Å². The van der Waals surface area contributed by atoms with E-state index in [1.807, 2.05) is 6.08 Å². The minimum atomic E-state index is -0.279. The van der Waals surface area contributed by atoms with E-state index in [0.717, 1.165) is 6.42 Å². The molecule has 0 fully saturated rings. The molecule has 2 heteroatoms. The molecule has 0 aliphatic heterocycles. The quantitative estimate of drug-likeness (QED) is 0.262. The Balaban J connectivity index is 3.23. The fraction of sp³-hybridized carbons (Fsp3) is 0.615. The van der Waals surface area contributed by atoms with E-state index in [0.29, 0.717) is 0 Å². The molecule has 0 aromatic heterocycles. The highest BCUT2D eigenvalue weighted by Gasteiger charge is 1.86. The molecule has 0 saturated carbocycles. The van der Waals surface area contributed by atoms with E-state index in [1.165, 1.54) is 45.3 Å². The van der Waals surface area contributed by atoms with E-state index in [2.05, 4.69) is 17.7 Å². The summed E-state index contributed by atoms with van der Waals surface area (Å²) in [5.41, 5.74) is 0. The molecular weight excluding hydrogens is 188 g/mol. The minimum absolute atomic E-state index is 0.279. The summed E-state index contributed by atoms with van der Waals surface area (Å²) < 4.78 is 4.63. The van der Waals surface area contributed by atoms with Gasteiger partial charge in [0.15, 0.2) is 0 Å². The molecule has 0 aliphatic carbocycles. The van der Waals surface area contributed by atoms with E-state index in [-0.39, 0.29) is 5.97 Å². The fourth-order valence-corrected chi connectivity index (χ4v) is 1.22. The Bertz CT molecular complexity index is 205. The second kappa shape index (κ2) is 11.0. The normalized spacial score (nSPS) is 11.3. The van der Waals surface area contributed by atoms with Gasteiger partial charge < -0.3 is 4.74 Å². The Hall–Kier alpha value is -1.05. The SMILES string of the molecule is CCCCCCCC=CC=COC(C)=O. The lowest BCUT2D eigenvalue weighted by atomic mass is 10.1. The lowest BCUT2D eigenvalue weighted by molar-refractivity contribution is -0.135. The Kier molecular flexibility index (Phi) is 10.3. The van der Waals surface area contributed by atoms with Gasteiger partial charge in [-0.1, -0.05) is 44.8 Å².